The number of para-hydroxylation sites is 1. The van der Waals surface area contributed by atoms with Gasteiger partial charge in [0.25, 0.3) is 11.2 Å². The SMILES string of the molecule is COCCCn1c(=O)c2ccccc2n2c(SC(C)c3cccc([N+](=O)[O-])c3)nnc12. The number of aryl methyl sites for hydroxylation is 1. The smallest absolute Gasteiger partial charge is 0.269 e. The van der Waals surface area contributed by atoms with Gasteiger partial charge in [-0.05, 0) is 31.0 Å². The van der Waals surface area contributed by atoms with Gasteiger partial charge in [-0.2, -0.15) is 0 Å². The van der Waals surface area contributed by atoms with Gasteiger partial charge < -0.3 is 4.74 Å². The lowest BCUT2D eigenvalue weighted by molar-refractivity contribution is -0.384. The fourth-order valence-corrected chi connectivity index (χ4v) is 4.47. The molecule has 1 unspecified atom stereocenters. The average molecular weight is 439 g/mol. The van der Waals surface area contributed by atoms with Crippen LogP contribution in [0.5, 0.6) is 0 Å². The number of methoxy groups -OCH3 is 1. The molecule has 4 rings (SSSR count). The number of fused-ring (bicyclic) bond motifs is 3. The van der Waals surface area contributed by atoms with Crippen molar-refractivity contribution >= 4 is 34.1 Å². The minimum atomic E-state index is -0.403. The maximum atomic E-state index is 13.1. The second-order valence-electron chi connectivity index (χ2n) is 7.05. The van der Waals surface area contributed by atoms with E-state index in [4.69, 9.17) is 4.74 Å². The third kappa shape index (κ3) is 4.04. The largest absolute Gasteiger partial charge is 0.385 e. The summed E-state index contributed by atoms with van der Waals surface area (Å²) in [7, 11) is 1.62. The molecule has 10 heteroatoms. The van der Waals surface area contributed by atoms with E-state index in [0.29, 0.717) is 35.9 Å². The number of nitro groups is 1. The molecule has 0 aliphatic heterocycles. The van der Waals surface area contributed by atoms with Crippen LogP contribution in [0.4, 0.5) is 5.69 Å². The standard InChI is InChI=1S/C21H21N5O4S/c1-14(15-7-5-8-16(13-15)26(28)29)31-21-23-22-20-24(11-6-12-30-2)19(27)17-9-3-4-10-18(17)25(20)21/h3-5,7-10,13-14H,6,11-12H2,1-2H3. The maximum absolute atomic E-state index is 13.1. The van der Waals surface area contributed by atoms with Gasteiger partial charge in [-0.3, -0.25) is 23.9 Å². The number of ether oxygens (including phenoxy) is 1. The van der Waals surface area contributed by atoms with Crippen molar-refractivity contribution in [3.63, 3.8) is 0 Å². The first-order valence-corrected chi connectivity index (χ1v) is 10.7. The van der Waals surface area contributed by atoms with Crippen molar-refractivity contribution in [1.82, 2.24) is 19.2 Å². The summed E-state index contributed by atoms with van der Waals surface area (Å²) >= 11 is 1.44. The molecule has 0 bridgehead atoms. The molecule has 0 aliphatic carbocycles. The second kappa shape index (κ2) is 8.86. The van der Waals surface area contributed by atoms with Crippen LogP contribution < -0.4 is 5.56 Å². The van der Waals surface area contributed by atoms with Crippen molar-refractivity contribution in [2.24, 2.45) is 0 Å². The van der Waals surface area contributed by atoms with E-state index in [2.05, 4.69) is 10.2 Å². The van der Waals surface area contributed by atoms with Crippen LogP contribution in [0.25, 0.3) is 16.7 Å². The fourth-order valence-electron chi connectivity index (χ4n) is 3.50. The molecular formula is C21H21N5O4S. The second-order valence-corrected chi connectivity index (χ2v) is 8.36. The number of hydrogen-bond acceptors (Lipinski definition) is 7. The molecule has 2 aromatic carbocycles. The summed E-state index contributed by atoms with van der Waals surface area (Å²) in [5.41, 5.74) is 1.47. The Labute approximate surface area is 181 Å². The molecule has 0 saturated heterocycles. The number of nitrogens with zero attached hydrogens (tertiary/aromatic N) is 5. The zero-order valence-electron chi connectivity index (χ0n) is 17.1. The number of nitro benzene ring substituents is 1. The molecule has 0 spiro atoms. The first-order valence-electron chi connectivity index (χ1n) is 9.78. The highest BCUT2D eigenvalue weighted by Crippen LogP contribution is 2.35. The highest BCUT2D eigenvalue weighted by atomic mass is 32.2. The third-order valence-corrected chi connectivity index (χ3v) is 6.14. The predicted molar refractivity (Wildman–Crippen MR) is 119 cm³/mol. The Morgan fingerprint density at radius 2 is 2.00 bits per heavy atom. The molecule has 0 amide bonds. The molecule has 0 fully saturated rings. The number of non-ortho nitro benzene ring substituents is 1. The first kappa shape index (κ1) is 21.0. The van der Waals surface area contributed by atoms with E-state index in [1.165, 1.54) is 17.8 Å². The maximum Gasteiger partial charge on any atom is 0.269 e. The number of aromatic nitrogens is 4. The van der Waals surface area contributed by atoms with Crippen LogP contribution in [-0.2, 0) is 11.3 Å². The molecule has 0 radical (unpaired) electrons. The van der Waals surface area contributed by atoms with Crippen molar-refractivity contribution in [1.29, 1.82) is 0 Å². The predicted octanol–water partition coefficient (Wildman–Crippen LogP) is 3.84. The highest BCUT2D eigenvalue weighted by Gasteiger charge is 2.20. The molecule has 160 valence electrons. The van der Waals surface area contributed by atoms with Crippen LogP contribution in [-0.4, -0.2) is 37.8 Å². The van der Waals surface area contributed by atoms with Gasteiger partial charge in [-0.1, -0.05) is 36.0 Å². The molecular weight excluding hydrogens is 418 g/mol. The number of rotatable bonds is 8. The molecule has 0 N–H and O–H groups in total. The van der Waals surface area contributed by atoms with Crippen LogP contribution >= 0.6 is 11.8 Å². The summed E-state index contributed by atoms with van der Waals surface area (Å²) in [5, 5.41) is 20.9. The number of benzene rings is 2. The van der Waals surface area contributed by atoms with Gasteiger partial charge >= 0.3 is 0 Å². The van der Waals surface area contributed by atoms with Gasteiger partial charge in [-0.15, -0.1) is 10.2 Å². The minimum Gasteiger partial charge on any atom is -0.385 e. The van der Waals surface area contributed by atoms with E-state index in [9.17, 15) is 14.9 Å². The molecule has 2 aromatic heterocycles. The summed E-state index contributed by atoms with van der Waals surface area (Å²) in [6.07, 6.45) is 0.670. The topological polar surface area (TPSA) is 105 Å². The summed E-state index contributed by atoms with van der Waals surface area (Å²) < 4.78 is 8.62. The van der Waals surface area contributed by atoms with E-state index in [-0.39, 0.29) is 16.5 Å². The normalized spacial score (nSPS) is 12.5. The van der Waals surface area contributed by atoms with Crippen molar-refractivity contribution in [2.75, 3.05) is 13.7 Å². The molecule has 0 saturated carbocycles. The van der Waals surface area contributed by atoms with Crippen molar-refractivity contribution in [2.45, 2.75) is 30.3 Å². The van der Waals surface area contributed by atoms with Crippen LogP contribution in [0.15, 0.2) is 58.5 Å². The van der Waals surface area contributed by atoms with Crippen LogP contribution in [0.2, 0.25) is 0 Å². The van der Waals surface area contributed by atoms with E-state index in [1.807, 2.05) is 35.6 Å². The highest BCUT2D eigenvalue weighted by molar-refractivity contribution is 7.99. The molecule has 9 nitrogen and oxygen atoms in total. The fraction of sp³-hybridized carbons (Fsp3) is 0.286. The lowest BCUT2D eigenvalue weighted by Crippen LogP contribution is -2.24. The Kier molecular flexibility index (Phi) is 6.01. The Morgan fingerprint density at radius 3 is 2.77 bits per heavy atom. The van der Waals surface area contributed by atoms with Crippen molar-refractivity contribution < 1.29 is 9.66 Å². The van der Waals surface area contributed by atoms with E-state index in [1.54, 1.807) is 29.9 Å². The molecule has 31 heavy (non-hydrogen) atoms. The van der Waals surface area contributed by atoms with Crippen LogP contribution in [0.1, 0.15) is 24.2 Å². The Bertz CT molecular complexity index is 1320. The zero-order chi connectivity index (χ0) is 22.0. The van der Waals surface area contributed by atoms with Crippen LogP contribution in [0.3, 0.4) is 0 Å². The summed E-state index contributed by atoms with van der Waals surface area (Å²) in [4.78, 5) is 23.8. The minimum absolute atomic E-state index is 0.0495. The van der Waals surface area contributed by atoms with Crippen molar-refractivity contribution in [3.05, 3.63) is 74.6 Å². The van der Waals surface area contributed by atoms with Gasteiger partial charge in [-0.25, -0.2) is 0 Å². The average Bonchev–Trinajstić information content (AvgIpc) is 3.19. The van der Waals surface area contributed by atoms with Gasteiger partial charge in [0.2, 0.25) is 5.78 Å². The molecule has 4 aromatic rings. The summed E-state index contributed by atoms with van der Waals surface area (Å²) in [5.74, 6) is 0.466. The molecule has 0 aliphatic rings. The Hall–Kier alpha value is -3.24. The van der Waals surface area contributed by atoms with Crippen molar-refractivity contribution in [3.8, 4) is 0 Å². The number of thioether (sulfide) groups is 1. The third-order valence-electron chi connectivity index (χ3n) is 5.04. The summed E-state index contributed by atoms with van der Waals surface area (Å²) in [6.45, 7) is 2.96. The summed E-state index contributed by atoms with van der Waals surface area (Å²) in [6, 6.07) is 13.9. The quantitative estimate of drug-likeness (QED) is 0.178. The molecule has 2 heterocycles. The van der Waals surface area contributed by atoms with E-state index >= 15 is 0 Å². The van der Waals surface area contributed by atoms with E-state index < -0.39 is 4.92 Å². The lowest BCUT2D eigenvalue weighted by atomic mass is 10.1. The van der Waals surface area contributed by atoms with Gasteiger partial charge in [0.1, 0.15) is 0 Å². The zero-order valence-corrected chi connectivity index (χ0v) is 17.9. The Balaban J connectivity index is 1.80. The number of hydrogen-bond donors (Lipinski definition) is 0. The van der Waals surface area contributed by atoms with Gasteiger partial charge in [0.15, 0.2) is 5.16 Å². The Morgan fingerprint density at radius 1 is 1.19 bits per heavy atom. The van der Waals surface area contributed by atoms with Crippen LogP contribution in [0, 0.1) is 10.1 Å². The van der Waals surface area contributed by atoms with E-state index in [0.717, 1.165) is 11.1 Å². The van der Waals surface area contributed by atoms with Gasteiger partial charge in [0, 0.05) is 37.6 Å². The monoisotopic (exact) mass is 439 g/mol. The lowest BCUT2D eigenvalue weighted by Gasteiger charge is -2.13. The first-order chi connectivity index (χ1) is 15.0. The molecule has 1 atom stereocenters. The van der Waals surface area contributed by atoms with Gasteiger partial charge in [0.05, 0.1) is 15.8 Å².